The molecule has 0 saturated carbocycles. The van der Waals surface area contributed by atoms with Crippen LogP contribution in [0, 0.1) is 5.41 Å². The predicted molar refractivity (Wildman–Crippen MR) is 68.9 cm³/mol. The average molecular weight is 268 g/mol. The zero-order valence-electron chi connectivity index (χ0n) is 10.9. The van der Waals surface area contributed by atoms with Crippen molar-refractivity contribution >= 4 is 12.0 Å². The summed E-state index contributed by atoms with van der Waals surface area (Å²) in [4.78, 5) is 25.1. The summed E-state index contributed by atoms with van der Waals surface area (Å²) in [7, 11) is 0. The first kappa shape index (κ1) is 13.9. The minimum Gasteiger partial charge on any atom is -0.481 e. The third kappa shape index (κ3) is 3.26. The number of aliphatic carboxylic acids is 1. The topological polar surface area (TPSA) is 78.9 Å². The second-order valence-electron chi connectivity index (χ2n) is 5.06. The number of carbonyl (C=O) groups is 2. The van der Waals surface area contributed by atoms with Crippen LogP contribution in [-0.4, -0.2) is 54.9 Å². The van der Waals surface area contributed by atoms with Crippen molar-refractivity contribution in [2.24, 2.45) is 5.41 Å². The first-order valence-corrected chi connectivity index (χ1v) is 6.63. The Morgan fingerprint density at radius 3 is 2.63 bits per heavy atom. The van der Waals surface area contributed by atoms with Crippen molar-refractivity contribution in [1.29, 1.82) is 0 Å². The van der Waals surface area contributed by atoms with Gasteiger partial charge in [-0.2, -0.15) is 0 Å². The van der Waals surface area contributed by atoms with E-state index >= 15 is 0 Å². The summed E-state index contributed by atoms with van der Waals surface area (Å²) < 4.78 is 5.20. The summed E-state index contributed by atoms with van der Waals surface area (Å²) in [6.45, 7) is 2.33. The van der Waals surface area contributed by atoms with Gasteiger partial charge in [0.15, 0.2) is 0 Å². The molecule has 6 heteroatoms. The molecule has 2 rings (SSSR count). The molecule has 106 valence electrons. The minimum atomic E-state index is -0.875. The molecule has 2 aliphatic heterocycles. The Labute approximate surface area is 112 Å². The van der Waals surface area contributed by atoms with E-state index in [2.05, 4.69) is 5.32 Å². The van der Waals surface area contributed by atoms with Gasteiger partial charge >= 0.3 is 12.0 Å². The highest BCUT2D eigenvalue weighted by Gasteiger charge is 2.40. The molecule has 0 bridgehead atoms. The number of urea groups is 1. The van der Waals surface area contributed by atoms with Crippen molar-refractivity contribution in [2.45, 2.75) is 19.3 Å². The molecule has 0 aliphatic carbocycles. The zero-order chi connectivity index (χ0) is 13.7. The van der Waals surface area contributed by atoms with E-state index in [-0.39, 0.29) is 12.6 Å². The molecule has 2 amide bonds. The normalized spacial score (nSPS) is 22.0. The van der Waals surface area contributed by atoms with Crippen molar-refractivity contribution in [3.05, 3.63) is 12.2 Å². The summed E-state index contributed by atoms with van der Waals surface area (Å²) in [5.74, 6) is -0.852. The van der Waals surface area contributed by atoms with Crippen LogP contribution in [0.1, 0.15) is 19.3 Å². The highest BCUT2D eigenvalue weighted by molar-refractivity contribution is 5.78. The fourth-order valence-electron chi connectivity index (χ4n) is 2.41. The van der Waals surface area contributed by atoms with Gasteiger partial charge in [-0.05, 0) is 19.3 Å². The number of amides is 2. The maximum absolute atomic E-state index is 12.0. The molecular formula is C13H20N2O4. The molecule has 0 atom stereocenters. The van der Waals surface area contributed by atoms with Gasteiger partial charge in [-0.25, -0.2) is 4.79 Å². The van der Waals surface area contributed by atoms with Gasteiger partial charge < -0.3 is 20.1 Å². The number of carboxylic acid groups (broad SMARTS) is 1. The standard InChI is InChI=1S/C13H20N2O4/c16-11(17)13(4-8-19-9-5-13)10-14-12(18)15-6-2-1-3-7-15/h1-2H,3-10H2,(H,14,18)(H,16,17). The van der Waals surface area contributed by atoms with Gasteiger partial charge in [0.05, 0.1) is 5.41 Å². The minimum absolute atomic E-state index is 0.171. The van der Waals surface area contributed by atoms with Crippen LogP contribution in [-0.2, 0) is 9.53 Å². The quantitative estimate of drug-likeness (QED) is 0.743. The monoisotopic (exact) mass is 268 g/mol. The molecule has 0 aromatic carbocycles. The third-order valence-corrected chi connectivity index (χ3v) is 3.83. The maximum atomic E-state index is 12.0. The van der Waals surface area contributed by atoms with Crippen molar-refractivity contribution in [3.63, 3.8) is 0 Å². The van der Waals surface area contributed by atoms with Gasteiger partial charge in [0.1, 0.15) is 0 Å². The molecule has 2 aliphatic rings. The van der Waals surface area contributed by atoms with Gasteiger partial charge in [-0.1, -0.05) is 12.2 Å². The van der Waals surface area contributed by atoms with Crippen LogP contribution in [0.5, 0.6) is 0 Å². The molecule has 1 fully saturated rings. The van der Waals surface area contributed by atoms with Gasteiger partial charge in [-0.15, -0.1) is 0 Å². The number of nitrogens with zero attached hydrogens (tertiary/aromatic N) is 1. The Kier molecular flexibility index (Phi) is 4.42. The summed E-state index contributed by atoms with van der Waals surface area (Å²) in [6, 6.07) is -0.184. The number of rotatable bonds is 3. The van der Waals surface area contributed by atoms with E-state index in [0.717, 1.165) is 6.42 Å². The van der Waals surface area contributed by atoms with Crippen LogP contribution in [0.2, 0.25) is 0 Å². The van der Waals surface area contributed by atoms with E-state index in [9.17, 15) is 14.7 Å². The molecule has 2 heterocycles. The fraction of sp³-hybridized carbons (Fsp3) is 0.692. The molecule has 0 radical (unpaired) electrons. The first-order valence-electron chi connectivity index (χ1n) is 6.63. The lowest BCUT2D eigenvalue weighted by atomic mass is 9.80. The lowest BCUT2D eigenvalue weighted by molar-refractivity contribution is -0.154. The predicted octanol–water partition coefficient (Wildman–Crippen LogP) is 0.839. The summed E-state index contributed by atoms with van der Waals surface area (Å²) in [6.07, 6.45) is 5.74. The largest absolute Gasteiger partial charge is 0.481 e. The Bertz CT molecular complexity index is 375. The van der Waals surface area contributed by atoms with Crippen LogP contribution in [0.3, 0.4) is 0 Å². The molecule has 0 unspecified atom stereocenters. The lowest BCUT2D eigenvalue weighted by Crippen LogP contribution is -2.50. The second-order valence-corrected chi connectivity index (χ2v) is 5.06. The second kappa shape index (κ2) is 6.06. The Morgan fingerprint density at radius 1 is 1.32 bits per heavy atom. The molecule has 0 aromatic heterocycles. The lowest BCUT2D eigenvalue weighted by Gasteiger charge is -2.34. The third-order valence-electron chi connectivity index (χ3n) is 3.83. The summed E-state index contributed by atoms with van der Waals surface area (Å²) >= 11 is 0. The van der Waals surface area contributed by atoms with E-state index in [4.69, 9.17) is 4.74 Å². The molecule has 0 spiro atoms. The van der Waals surface area contributed by atoms with Crippen molar-refractivity contribution in [3.8, 4) is 0 Å². The Morgan fingerprint density at radius 2 is 2.05 bits per heavy atom. The van der Waals surface area contributed by atoms with E-state index in [0.29, 0.717) is 39.1 Å². The number of hydrogen-bond acceptors (Lipinski definition) is 3. The number of carboxylic acids is 1. The molecule has 1 saturated heterocycles. The molecule has 19 heavy (non-hydrogen) atoms. The number of hydrogen-bond donors (Lipinski definition) is 2. The van der Waals surface area contributed by atoms with E-state index in [1.165, 1.54) is 0 Å². The zero-order valence-corrected chi connectivity index (χ0v) is 10.9. The summed E-state index contributed by atoms with van der Waals surface area (Å²) in [5.41, 5.74) is -0.875. The molecule has 0 aromatic rings. The van der Waals surface area contributed by atoms with E-state index in [1.54, 1.807) is 4.90 Å². The van der Waals surface area contributed by atoms with Gasteiger partial charge in [0, 0.05) is 32.8 Å². The van der Waals surface area contributed by atoms with Gasteiger partial charge in [0.25, 0.3) is 0 Å². The van der Waals surface area contributed by atoms with Crippen molar-refractivity contribution in [1.82, 2.24) is 10.2 Å². The SMILES string of the molecule is O=C(NCC1(C(=O)O)CCOCC1)N1CC=CCC1. The van der Waals surface area contributed by atoms with Gasteiger partial charge in [0.2, 0.25) is 0 Å². The van der Waals surface area contributed by atoms with Crippen LogP contribution in [0.4, 0.5) is 4.79 Å². The van der Waals surface area contributed by atoms with E-state index < -0.39 is 11.4 Å². The van der Waals surface area contributed by atoms with Crippen molar-refractivity contribution in [2.75, 3.05) is 32.8 Å². The number of carbonyl (C=O) groups excluding carboxylic acids is 1. The maximum Gasteiger partial charge on any atom is 0.317 e. The van der Waals surface area contributed by atoms with Crippen LogP contribution in [0.15, 0.2) is 12.2 Å². The fourth-order valence-corrected chi connectivity index (χ4v) is 2.41. The van der Waals surface area contributed by atoms with Crippen LogP contribution in [0.25, 0.3) is 0 Å². The molecule has 2 N–H and O–H groups in total. The molecule has 6 nitrogen and oxygen atoms in total. The summed E-state index contributed by atoms with van der Waals surface area (Å²) in [5, 5.41) is 12.1. The van der Waals surface area contributed by atoms with Crippen LogP contribution < -0.4 is 5.32 Å². The molecular weight excluding hydrogens is 248 g/mol. The highest BCUT2D eigenvalue weighted by atomic mass is 16.5. The van der Waals surface area contributed by atoms with Crippen LogP contribution >= 0.6 is 0 Å². The number of nitrogens with one attached hydrogen (secondary N) is 1. The Hall–Kier alpha value is -1.56. The highest BCUT2D eigenvalue weighted by Crippen LogP contribution is 2.30. The first-order chi connectivity index (χ1) is 9.14. The number of ether oxygens (including phenoxy) is 1. The van der Waals surface area contributed by atoms with Crippen molar-refractivity contribution < 1.29 is 19.4 Å². The Balaban J connectivity index is 1.89. The average Bonchev–Trinajstić information content (AvgIpc) is 2.46. The van der Waals surface area contributed by atoms with E-state index in [1.807, 2.05) is 12.2 Å². The smallest absolute Gasteiger partial charge is 0.317 e. The van der Waals surface area contributed by atoms with Gasteiger partial charge in [-0.3, -0.25) is 4.79 Å².